The van der Waals surface area contributed by atoms with Crippen LogP contribution in [-0.4, -0.2) is 59.2 Å². The normalized spacial score (nSPS) is 18.6. The van der Waals surface area contributed by atoms with E-state index in [0.717, 1.165) is 23.3 Å². The second kappa shape index (κ2) is 6.64. The molecule has 1 amide bonds. The number of carbonyl (C=O) groups is 1. The molecule has 1 fully saturated rings. The number of alkyl carbamates (subject to hydrolysis) is 1. The van der Waals surface area contributed by atoms with Crippen molar-refractivity contribution in [3.05, 3.63) is 18.5 Å². The zero-order chi connectivity index (χ0) is 17.2. The van der Waals surface area contributed by atoms with Crippen molar-refractivity contribution < 1.29 is 14.3 Å². The van der Waals surface area contributed by atoms with E-state index in [1.54, 1.807) is 12.4 Å². The fraction of sp³-hybridized carbons (Fsp3) is 0.562. The maximum absolute atomic E-state index is 11.8. The molecule has 0 radical (unpaired) electrons. The minimum absolute atomic E-state index is 0.111. The highest BCUT2D eigenvalue weighted by Crippen LogP contribution is 2.24. The number of rotatable bonds is 3. The second-order valence-electron chi connectivity index (χ2n) is 6.79. The van der Waals surface area contributed by atoms with Gasteiger partial charge in [0.15, 0.2) is 5.82 Å². The van der Waals surface area contributed by atoms with Gasteiger partial charge in [-0.25, -0.2) is 4.79 Å². The summed E-state index contributed by atoms with van der Waals surface area (Å²) >= 11 is 0. The largest absolute Gasteiger partial charge is 0.444 e. The first-order valence-electron chi connectivity index (χ1n) is 8.04. The Kier molecular flexibility index (Phi) is 4.57. The van der Waals surface area contributed by atoms with Crippen LogP contribution >= 0.6 is 0 Å². The fourth-order valence-corrected chi connectivity index (χ4v) is 2.64. The minimum Gasteiger partial charge on any atom is -0.444 e. The monoisotopic (exact) mass is 333 g/mol. The molecule has 3 rings (SSSR count). The van der Waals surface area contributed by atoms with Crippen LogP contribution in [0.2, 0.25) is 0 Å². The van der Waals surface area contributed by atoms with Crippen molar-refractivity contribution >= 4 is 22.8 Å². The molecule has 3 heterocycles. The van der Waals surface area contributed by atoms with E-state index >= 15 is 0 Å². The Balaban J connectivity index is 1.59. The number of anilines is 1. The highest BCUT2D eigenvalue weighted by atomic mass is 16.6. The summed E-state index contributed by atoms with van der Waals surface area (Å²) < 4.78 is 11.0. The Hall–Kier alpha value is -2.35. The van der Waals surface area contributed by atoms with Gasteiger partial charge in [-0.2, -0.15) is 5.10 Å². The molecule has 0 bridgehead atoms. The molecule has 2 aromatic heterocycles. The average Bonchev–Trinajstić information content (AvgIpc) is 2.96. The molecular formula is C16H23N5O3. The topological polar surface area (TPSA) is 92.4 Å². The summed E-state index contributed by atoms with van der Waals surface area (Å²) in [5.41, 5.74) is 0.397. The van der Waals surface area contributed by atoms with Gasteiger partial charge in [0.2, 0.25) is 0 Å². The highest BCUT2D eigenvalue weighted by Gasteiger charge is 2.25. The van der Waals surface area contributed by atoms with Crippen LogP contribution in [0.3, 0.4) is 0 Å². The lowest BCUT2D eigenvalue weighted by molar-refractivity contribution is 0.0282. The smallest absolute Gasteiger partial charge is 0.407 e. The predicted octanol–water partition coefficient (Wildman–Crippen LogP) is 1.69. The number of morpholine rings is 1. The van der Waals surface area contributed by atoms with E-state index in [4.69, 9.17) is 9.47 Å². The SMILES string of the molecule is CC(C)(C)OC(=O)NC[C@H]1CN(c2n[nH]c3cnccc23)CCO1. The summed E-state index contributed by atoms with van der Waals surface area (Å²) in [6.07, 6.45) is 2.97. The molecule has 2 N–H and O–H groups in total. The second-order valence-corrected chi connectivity index (χ2v) is 6.79. The van der Waals surface area contributed by atoms with Crippen molar-refractivity contribution in [1.29, 1.82) is 0 Å². The minimum atomic E-state index is -0.508. The number of carbonyl (C=O) groups excluding carboxylic acids is 1. The molecule has 24 heavy (non-hydrogen) atoms. The van der Waals surface area contributed by atoms with Gasteiger partial charge in [-0.1, -0.05) is 0 Å². The van der Waals surface area contributed by atoms with Crippen molar-refractivity contribution in [2.24, 2.45) is 0 Å². The Morgan fingerprint density at radius 3 is 3.17 bits per heavy atom. The van der Waals surface area contributed by atoms with E-state index in [9.17, 15) is 4.79 Å². The zero-order valence-electron chi connectivity index (χ0n) is 14.2. The van der Waals surface area contributed by atoms with Gasteiger partial charge >= 0.3 is 6.09 Å². The van der Waals surface area contributed by atoms with Crippen molar-refractivity contribution in [2.45, 2.75) is 32.5 Å². The van der Waals surface area contributed by atoms with Crippen LogP contribution in [0, 0.1) is 0 Å². The third-order valence-corrected chi connectivity index (χ3v) is 3.66. The summed E-state index contributed by atoms with van der Waals surface area (Å²) in [6, 6.07) is 1.94. The van der Waals surface area contributed by atoms with Gasteiger partial charge in [-0.15, -0.1) is 0 Å². The standard InChI is InChI=1S/C16H23N5O3/c1-16(2,3)24-15(22)18-8-11-10-21(6-7-23-11)14-12-4-5-17-9-13(12)19-20-14/h4-5,9,11H,6-8,10H2,1-3H3,(H,18,22)(H,19,20)/t11-/m0/s1. The first-order chi connectivity index (χ1) is 11.4. The molecule has 2 aromatic rings. The number of hydrogen-bond acceptors (Lipinski definition) is 6. The van der Waals surface area contributed by atoms with Crippen LogP contribution in [0.25, 0.3) is 10.9 Å². The van der Waals surface area contributed by atoms with Crippen LogP contribution in [0.5, 0.6) is 0 Å². The van der Waals surface area contributed by atoms with Crippen LogP contribution in [-0.2, 0) is 9.47 Å². The molecule has 1 aliphatic heterocycles. The van der Waals surface area contributed by atoms with E-state index in [1.165, 1.54) is 0 Å². The maximum Gasteiger partial charge on any atom is 0.407 e. The Morgan fingerprint density at radius 2 is 2.38 bits per heavy atom. The lowest BCUT2D eigenvalue weighted by Gasteiger charge is -2.33. The summed E-state index contributed by atoms with van der Waals surface area (Å²) in [7, 11) is 0. The van der Waals surface area contributed by atoms with Gasteiger partial charge in [0, 0.05) is 31.2 Å². The molecule has 1 atom stereocenters. The van der Waals surface area contributed by atoms with E-state index in [0.29, 0.717) is 19.7 Å². The number of fused-ring (bicyclic) bond motifs is 1. The van der Waals surface area contributed by atoms with Gasteiger partial charge < -0.3 is 19.7 Å². The third-order valence-electron chi connectivity index (χ3n) is 3.66. The van der Waals surface area contributed by atoms with Gasteiger partial charge in [0.25, 0.3) is 0 Å². The molecular weight excluding hydrogens is 310 g/mol. The van der Waals surface area contributed by atoms with Crippen molar-refractivity contribution in [2.75, 3.05) is 31.1 Å². The molecule has 0 spiro atoms. The Morgan fingerprint density at radius 1 is 1.54 bits per heavy atom. The number of nitrogens with zero attached hydrogens (tertiary/aromatic N) is 3. The van der Waals surface area contributed by atoms with Crippen molar-refractivity contribution in [3.63, 3.8) is 0 Å². The fourth-order valence-electron chi connectivity index (χ4n) is 2.64. The first kappa shape index (κ1) is 16.5. The summed E-state index contributed by atoms with van der Waals surface area (Å²) in [4.78, 5) is 18.0. The molecule has 0 aromatic carbocycles. The molecule has 1 aliphatic rings. The molecule has 1 saturated heterocycles. The zero-order valence-corrected chi connectivity index (χ0v) is 14.2. The number of amides is 1. The lowest BCUT2D eigenvalue weighted by atomic mass is 10.2. The summed E-state index contributed by atoms with van der Waals surface area (Å²) in [5, 5.41) is 11.2. The van der Waals surface area contributed by atoms with Crippen LogP contribution in [0.4, 0.5) is 10.6 Å². The van der Waals surface area contributed by atoms with Gasteiger partial charge in [-0.05, 0) is 26.8 Å². The third kappa shape index (κ3) is 3.94. The number of pyridine rings is 1. The van der Waals surface area contributed by atoms with Crippen molar-refractivity contribution in [1.82, 2.24) is 20.5 Å². The number of aromatic amines is 1. The summed E-state index contributed by atoms with van der Waals surface area (Å²) in [6.45, 7) is 7.90. The number of H-pyrrole nitrogens is 1. The predicted molar refractivity (Wildman–Crippen MR) is 90.1 cm³/mol. The number of aromatic nitrogens is 3. The van der Waals surface area contributed by atoms with E-state index < -0.39 is 11.7 Å². The van der Waals surface area contributed by atoms with E-state index in [1.807, 2.05) is 26.8 Å². The number of hydrogen-bond donors (Lipinski definition) is 2. The van der Waals surface area contributed by atoms with Gasteiger partial charge in [0.1, 0.15) is 5.60 Å². The van der Waals surface area contributed by atoms with Gasteiger partial charge in [0.05, 0.1) is 24.4 Å². The first-order valence-corrected chi connectivity index (χ1v) is 8.04. The van der Waals surface area contributed by atoms with Crippen molar-refractivity contribution in [3.8, 4) is 0 Å². The molecule has 0 unspecified atom stereocenters. The molecule has 130 valence electrons. The van der Waals surface area contributed by atoms with Crippen LogP contribution in [0.15, 0.2) is 18.5 Å². The molecule has 0 saturated carbocycles. The number of nitrogens with one attached hydrogen (secondary N) is 2. The molecule has 8 nitrogen and oxygen atoms in total. The van der Waals surface area contributed by atoms with Crippen LogP contribution < -0.4 is 10.2 Å². The quantitative estimate of drug-likeness (QED) is 0.888. The lowest BCUT2D eigenvalue weighted by Crippen LogP contribution is -2.48. The van der Waals surface area contributed by atoms with Crippen LogP contribution in [0.1, 0.15) is 20.8 Å². The summed E-state index contributed by atoms with van der Waals surface area (Å²) in [5.74, 6) is 0.887. The maximum atomic E-state index is 11.8. The Labute approximate surface area is 140 Å². The average molecular weight is 333 g/mol. The van der Waals surface area contributed by atoms with E-state index in [-0.39, 0.29) is 6.10 Å². The highest BCUT2D eigenvalue weighted by molar-refractivity contribution is 5.89. The number of ether oxygens (including phenoxy) is 2. The van der Waals surface area contributed by atoms with Gasteiger partial charge in [-0.3, -0.25) is 10.1 Å². The van der Waals surface area contributed by atoms with E-state index in [2.05, 4.69) is 25.4 Å². The molecule has 0 aliphatic carbocycles. The molecule has 8 heteroatoms. The Bertz CT molecular complexity index is 709.